The van der Waals surface area contributed by atoms with Crippen LogP contribution in [-0.4, -0.2) is 24.8 Å². The normalized spacial score (nSPS) is 12.0. The Morgan fingerprint density at radius 2 is 2.19 bits per heavy atom. The molecule has 0 aromatic heterocycles. The zero-order chi connectivity index (χ0) is 12.1. The summed E-state index contributed by atoms with van der Waals surface area (Å²) >= 11 is 0. The third kappa shape index (κ3) is 2.95. The summed E-state index contributed by atoms with van der Waals surface area (Å²) in [6.45, 7) is 1.13. The minimum atomic E-state index is -0.500. The summed E-state index contributed by atoms with van der Waals surface area (Å²) in [7, 11) is 1.48. The molecule has 0 aliphatic rings. The molecular formula is C11H15NO4. The number of carbonyl (C=O) groups excluding carboxylic acids is 1. The second kappa shape index (κ2) is 5.48. The Balaban J connectivity index is 3.05. The van der Waals surface area contributed by atoms with Crippen molar-refractivity contribution < 1.29 is 19.4 Å². The predicted octanol–water partition coefficient (Wildman–Crippen LogP) is 0.613. The number of ether oxygens (including phenoxy) is 2. The fourth-order valence-corrected chi connectivity index (χ4v) is 1.26. The smallest absolute Gasteiger partial charge is 0.308 e. The van der Waals surface area contributed by atoms with Crippen molar-refractivity contribution in [1.29, 1.82) is 0 Å². The van der Waals surface area contributed by atoms with Crippen LogP contribution in [-0.2, 0) is 4.79 Å². The lowest BCUT2D eigenvalue weighted by atomic mass is 10.1. The Hall–Kier alpha value is -1.59. The molecule has 0 unspecified atom stereocenters. The van der Waals surface area contributed by atoms with Gasteiger partial charge >= 0.3 is 5.97 Å². The van der Waals surface area contributed by atoms with Gasteiger partial charge in [0.25, 0.3) is 0 Å². The zero-order valence-corrected chi connectivity index (χ0v) is 9.27. The van der Waals surface area contributed by atoms with E-state index < -0.39 is 12.0 Å². The van der Waals surface area contributed by atoms with Crippen molar-refractivity contribution in [3.05, 3.63) is 23.8 Å². The second-order valence-electron chi connectivity index (χ2n) is 3.29. The van der Waals surface area contributed by atoms with E-state index in [9.17, 15) is 4.79 Å². The van der Waals surface area contributed by atoms with Gasteiger partial charge in [0, 0.05) is 6.92 Å². The summed E-state index contributed by atoms with van der Waals surface area (Å²) < 4.78 is 10.0. The van der Waals surface area contributed by atoms with Crippen LogP contribution in [0.15, 0.2) is 18.2 Å². The quantitative estimate of drug-likeness (QED) is 0.579. The molecule has 3 N–H and O–H groups in total. The van der Waals surface area contributed by atoms with E-state index >= 15 is 0 Å². The van der Waals surface area contributed by atoms with Gasteiger partial charge in [-0.05, 0) is 17.7 Å². The number of esters is 1. The first-order valence-electron chi connectivity index (χ1n) is 4.81. The van der Waals surface area contributed by atoms with Crippen molar-refractivity contribution in [2.45, 2.75) is 13.0 Å². The van der Waals surface area contributed by atoms with Crippen molar-refractivity contribution in [2.75, 3.05) is 13.7 Å². The van der Waals surface area contributed by atoms with E-state index in [4.69, 9.17) is 20.3 Å². The lowest BCUT2D eigenvalue weighted by Gasteiger charge is -2.13. The Morgan fingerprint density at radius 1 is 1.50 bits per heavy atom. The second-order valence-corrected chi connectivity index (χ2v) is 3.29. The summed E-state index contributed by atoms with van der Waals surface area (Å²) in [5, 5.41) is 8.92. The van der Waals surface area contributed by atoms with Crippen molar-refractivity contribution in [3.63, 3.8) is 0 Å². The number of aliphatic hydroxyl groups is 1. The first kappa shape index (κ1) is 12.5. The molecule has 1 atom stereocenters. The average Bonchev–Trinajstić information content (AvgIpc) is 2.27. The summed E-state index contributed by atoms with van der Waals surface area (Å²) in [5.41, 5.74) is 6.33. The van der Waals surface area contributed by atoms with Gasteiger partial charge in [0.15, 0.2) is 11.5 Å². The van der Waals surface area contributed by atoms with Gasteiger partial charge in [-0.3, -0.25) is 4.79 Å². The summed E-state index contributed by atoms with van der Waals surface area (Å²) in [6, 6.07) is 4.44. The van der Waals surface area contributed by atoms with E-state index in [0.29, 0.717) is 17.1 Å². The number of methoxy groups -OCH3 is 1. The highest BCUT2D eigenvalue weighted by atomic mass is 16.6. The molecule has 5 heteroatoms. The van der Waals surface area contributed by atoms with Gasteiger partial charge in [-0.25, -0.2) is 0 Å². The van der Waals surface area contributed by atoms with Crippen LogP contribution in [0.3, 0.4) is 0 Å². The first-order chi connectivity index (χ1) is 7.58. The zero-order valence-electron chi connectivity index (χ0n) is 9.27. The van der Waals surface area contributed by atoms with Gasteiger partial charge < -0.3 is 20.3 Å². The van der Waals surface area contributed by atoms with E-state index in [-0.39, 0.29) is 6.61 Å². The van der Waals surface area contributed by atoms with Gasteiger partial charge in [0.1, 0.15) is 0 Å². The molecule has 88 valence electrons. The third-order valence-corrected chi connectivity index (χ3v) is 2.07. The first-order valence-corrected chi connectivity index (χ1v) is 4.81. The van der Waals surface area contributed by atoms with E-state index in [2.05, 4.69) is 0 Å². The lowest BCUT2D eigenvalue weighted by Crippen LogP contribution is -2.14. The maximum absolute atomic E-state index is 10.9. The standard InChI is InChI=1S/C11H15NO4/c1-7(14)16-11-5-8(9(12)6-13)3-4-10(11)15-2/h3-5,9,13H,6,12H2,1-2H3/t9-/m1/s1. The van der Waals surface area contributed by atoms with Crippen molar-refractivity contribution >= 4 is 5.97 Å². The number of carbonyl (C=O) groups is 1. The summed E-state index contributed by atoms with van der Waals surface area (Å²) in [5.74, 6) is 0.313. The van der Waals surface area contributed by atoms with Crippen LogP contribution in [0.25, 0.3) is 0 Å². The Bertz CT molecular complexity index is 378. The topological polar surface area (TPSA) is 81.8 Å². The molecule has 0 aliphatic heterocycles. The van der Waals surface area contributed by atoms with Crippen molar-refractivity contribution in [2.24, 2.45) is 5.73 Å². The Kier molecular flexibility index (Phi) is 4.28. The van der Waals surface area contributed by atoms with Crippen LogP contribution >= 0.6 is 0 Å². The van der Waals surface area contributed by atoms with Crippen LogP contribution in [0.4, 0.5) is 0 Å². The van der Waals surface area contributed by atoms with Gasteiger partial charge in [-0.15, -0.1) is 0 Å². The molecule has 0 heterocycles. The molecule has 0 radical (unpaired) electrons. The van der Waals surface area contributed by atoms with E-state index in [1.54, 1.807) is 18.2 Å². The third-order valence-electron chi connectivity index (χ3n) is 2.07. The number of hydrogen-bond donors (Lipinski definition) is 2. The Labute approximate surface area is 93.8 Å². The molecule has 0 bridgehead atoms. The monoisotopic (exact) mass is 225 g/mol. The van der Waals surface area contributed by atoms with E-state index in [1.165, 1.54) is 14.0 Å². The van der Waals surface area contributed by atoms with E-state index in [0.717, 1.165) is 0 Å². The van der Waals surface area contributed by atoms with Crippen LogP contribution in [0.1, 0.15) is 18.5 Å². The maximum Gasteiger partial charge on any atom is 0.308 e. The molecule has 0 aliphatic carbocycles. The van der Waals surface area contributed by atoms with Crippen LogP contribution in [0.2, 0.25) is 0 Å². The maximum atomic E-state index is 10.9. The molecular weight excluding hydrogens is 210 g/mol. The average molecular weight is 225 g/mol. The molecule has 1 rings (SSSR count). The van der Waals surface area contributed by atoms with Crippen molar-refractivity contribution in [3.8, 4) is 11.5 Å². The number of rotatable bonds is 4. The molecule has 16 heavy (non-hydrogen) atoms. The Morgan fingerprint density at radius 3 is 2.69 bits per heavy atom. The molecule has 0 fully saturated rings. The molecule has 0 spiro atoms. The summed E-state index contributed by atoms with van der Waals surface area (Å²) in [4.78, 5) is 10.9. The molecule has 0 amide bonds. The minimum Gasteiger partial charge on any atom is -0.493 e. The largest absolute Gasteiger partial charge is 0.493 e. The van der Waals surface area contributed by atoms with Gasteiger partial charge in [0.2, 0.25) is 0 Å². The summed E-state index contributed by atoms with van der Waals surface area (Å²) in [6.07, 6.45) is 0. The van der Waals surface area contributed by atoms with Crippen molar-refractivity contribution in [1.82, 2.24) is 0 Å². The molecule has 5 nitrogen and oxygen atoms in total. The highest BCUT2D eigenvalue weighted by molar-refractivity contribution is 5.70. The van der Waals surface area contributed by atoms with Crippen LogP contribution < -0.4 is 15.2 Å². The van der Waals surface area contributed by atoms with Gasteiger partial charge in [-0.1, -0.05) is 6.07 Å². The van der Waals surface area contributed by atoms with E-state index in [1.807, 2.05) is 0 Å². The number of nitrogens with two attached hydrogens (primary N) is 1. The highest BCUT2D eigenvalue weighted by Crippen LogP contribution is 2.29. The van der Waals surface area contributed by atoms with Gasteiger partial charge in [0.05, 0.1) is 19.8 Å². The molecule has 0 saturated heterocycles. The number of hydrogen-bond acceptors (Lipinski definition) is 5. The predicted molar refractivity (Wildman–Crippen MR) is 58.3 cm³/mol. The SMILES string of the molecule is COc1ccc([C@H](N)CO)cc1OC(C)=O. The minimum absolute atomic E-state index is 0.175. The fourth-order valence-electron chi connectivity index (χ4n) is 1.26. The molecule has 1 aromatic carbocycles. The van der Waals surface area contributed by atoms with Crippen LogP contribution in [0.5, 0.6) is 11.5 Å². The van der Waals surface area contributed by atoms with Gasteiger partial charge in [-0.2, -0.15) is 0 Å². The molecule has 0 saturated carbocycles. The number of aliphatic hydroxyl groups excluding tert-OH is 1. The number of benzene rings is 1. The van der Waals surface area contributed by atoms with Crippen LogP contribution in [0, 0.1) is 0 Å². The molecule has 1 aromatic rings. The highest BCUT2D eigenvalue weighted by Gasteiger charge is 2.11. The lowest BCUT2D eigenvalue weighted by molar-refractivity contribution is -0.132. The fraction of sp³-hybridized carbons (Fsp3) is 0.364.